The van der Waals surface area contributed by atoms with E-state index in [4.69, 9.17) is 13.2 Å². The zero-order valence-corrected chi connectivity index (χ0v) is 13.6. The van der Waals surface area contributed by atoms with Gasteiger partial charge in [0.2, 0.25) is 0 Å². The molecule has 0 saturated heterocycles. The molecular formula is C13H26Y-2. The minimum atomic E-state index is 0. The van der Waals surface area contributed by atoms with Crippen LogP contribution in [0.15, 0.2) is 12.2 Å². The maximum Gasteiger partial charge on any atom is 0 e. The molecule has 0 aliphatic heterocycles. The largest absolute Gasteiger partial charge is 0.394 e. The normalized spacial score (nSPS) is 7.43. The smallest absolute Gasteiger partial charge is 0 e. The van der Waals surface area contributed by atoms with Gasteiger partial charge in [-0.25, -0.2) is 0 Å². The summed E-state index contributed by atoms with van der Waals surface area (Å²) in [6.07, 6.45) is 3.86. The van der Waals surface area contributed by atoms with E-state index in [-0.39, 0.29) is 32.7 Å². The van der Waals surface area contributed by atoms with Gasteiger partial charge in [0.05, 0.1) is 0 Å². The summed E-state index contributed by atoms with van der Waals surface area (Å²) in [5.74, 6) is 1.72. The minimum Gasteiger partial charge on any atom is -0.394 e. The van der Waals surface area contributed by atoms with E-state index in [1.165, 1.54) is 18.6 Å². The molecule has 0 aromatic rings. The summed E-state index contributed by atoms with van der Waals surface area (Å²) < 4.78 is 0. The van der Waals surface area contributed by atoms with Crippen molar-refractivity contribution < 1.29 is 32.7 Å². The molecule has 14 heavy (non-hydrogen) atoms. The molecule has 0 fully saturated rings. The van der Waals surface area contributed by atoms with E-state index >= 15 is 0 Å². The van der Waals surface area contributed by atoms with Gasteiger partial charge < -0.3 is 25.3 Å². The van der Waals surface area contributed by atoms with Gasteiger partial charge in [0, 0.05) is 32.7 Å². The fourth-order valence-electron chi connectivity index (χ4n) is 0. The maximum atomic E-state index is 4.72. The van der Waals surface area contributed by atoms with Crippen molar-refractivity contribution >= 4 is 0 Å². The number of hydrogen-bond acceptors (Lipinski definition) is 0. The van der Waals surface area contributed by atoms with Crippen molar-refractivity contribution in [3.05, 3.63) is 25.3 Å². The molecule has 0 bridgehead atoms. The Morgan fingerprint density at radius 2 is 1.07 bits per heavy atom. The molecule has 0 aliphatic rings. The van der Waals surface area contributed by atoms with Crippen LogP contribution in [-0.2, 0) is 32.7 Å². The summed E-state index contributed by atoms with van der Waals surface area (Å²) in [6.45, 7) is 22.6. The van der Waals surface area contributed by atoms with E-state index in [9.17, 15) is 0 Å². The number of hydrogen-bond donors (Lipinski definition) is 0. The first kappa shape index (κ1) is 24.0. The molecule has 1 heteroatoms. The van der Waals surface area contributed by atoms with Gasteiger partial charge in [0.1, 0.15) is 0 Å². The molecule has 1 radical (unpaired) electrons. The molecule has 0 aromatic carbocycles. The Morgan fingerprint density at radius 1 is 0.929 bits per heavy atom. The Balaban J connectivity index is -0.0000000522. The van der Waals surface area contributed by atoms with Crippen LogP contribution >= 0.6 is 0 Å². The van der Waals surface area contributed by atoms with Gasteiger partial charge in [0.25, 0.3) is 0 Å². The molecule has 0 aromatic heterocycles. The molecule has 0 atom stereocenters. The molecule has 0 aliphatic carbocycles. The molecule has 0 saturated carbocycles. The summed E-state index contributed by atoms with van der Waals surface area (Å²) in [4.78, 5) is 0. The van der Waals surface area contributed by atoms with Gasteiger partial charge >= 0.3 is 0 Å². The van der Waals surface area contributed by atoms with Crippen LogP contribution in [0.5, 0.6) is 0 Å². The topological polar surface area (TPSA) is 0 Å². The molecule has 0 unspecified atom stereocenters. The van der Waals surface area contributed by atoms with E-state index < -0.39 is 0 Å². The third kappa shape index (κ3) is 131. The third-order valence-electron chi connectivity index (χ3n) is 0.928. The van der Waals surface area contributed by atoms with Crippen LogP contribution in [0.3, 0.4) is 0 Å². The molecular weight excluding hydrogens is 245 g/mol. The summed E-state index contributed by atoms with van der Waals surface area (Å²) in [6, 6.07) is 0. The van der Waals surface area contributed by atoms with E-state index in [0.29, 0.717) is 0 Å². The summed E-state index contributed by atoms with van der Waals surface area (Å²) in [5, 5.41) is 0. The molecule has 0 rings (SSSR count). The third-order valence-corrected chi connectivity index (χ3v) is 0.928. The van der Waals surface area contributed by atoms with Crippen molar-refractivity contribution in [1.82, 2.24) is 0 Å². The van der Waals surface area contributed by atoms with Crippen LogP contribution in [0.4, 0.5) is 0 Å². The van der Waals surface area contributed by atoms with Crippen LogP contribution in [0.2, 0.25) is 0 Å². The van der Waals surface area contributed by atoms with E-state index in [1.807, 2.05) is 0 Å². The van der Waals surface area contributed by atoms with Crippen LogP contribution in [0.25, 0.3) is 0 Å². The van der Waals surface area contributed by atoms with Crippen LogP contribution in [-0.4, -0.2) is 0 Å². The van der Waals surface area contributed by atoms with Crippen molar-refractivity contribution in [1.29, 1.82) is 0 Å². The van der Waals surface area contributed by atoms with Gasteiger partial charge in [-0.05, 0) is 11.8 Å². The quantitative estimate of drug-likeness (QED) is 0.505. The van der Waals surface area contributed by atoms with Gasteiger partial charge in [-0.2, -0.15) is 0 Å². The molecule has 0 heterocycles. The molecule has 0 spiro atoms. The van der Waals surface area contributed by atoms with Crippen molar-refractivity contribution in [3.8, 4) is 0 Å². The zero-order chi connectivity index (χ0) is 11.3. The second-order valence-corrected chi connectivity index (χ2v) is 3.92. The average molecular weight is 271 g/mol. The molecule has 0 amide bonds. The second kappa shape index (κ2) is 23.4. The Hall–Kier alpha value is 0.584. The first-order valence-corrected chi connectivity index (χ1v) is 5.00. The predicted molar refractivity (Wildman–Crippen MR) is 63.4 cm³/mol. The van der Waals surface area contributed by atoms with E-state index in [2.05, 4.69) is 41.5 Å². The van der Waals surface area contributed by atoms with Gasteiger partial charge in [-0.1, -0.05) is 48.0 Å². The average Bonchev–Trinajstić information content (AvgIpc) is 2.04. The second-order valence-electron chi connectivity index (χ2n) is 3.92. The number of rotatable bonds is 2. The summed E-state index contributed by atoms with van der Waals surface area (Å²) in [5.41, 5.74) is 0. The Morgan fingerprint density at radius 3 is 1.07 bits per heavy atom. The fourth-order valence-corrected chi connectivity index (χ4v) is 0. The standard InChI is InChI=1S/C5H12.C4H10.C4H4.Y/c1-4-5(2)3;1-4(2)3;1-3-4-2;/h5H,4H2,1-3H3;4H,1-3H3;1-4H;/q;;-2;. The van der Waals surface area contributed by atoms with Gasteiger partial charge in [0.15, 0.2) is 0 Å². The number of allylic oxidation sites excluding steroid dienone is 2. The summed E-state index contributed by atoms with van der Waals surface area (Å²) >= 11 is 0. The summed E-state index contributed by atoms with van der Waals surface area (Å²) in [7, 11) is 0. The van der Waals surface area contributed by atoms with Gasteiger partial charge in [-0.3, -0.25) is 0 Å². The predicted octanol–water partition coefficient (Wildman–Crippen LogP) is 4.68. The Bertz CT molecular complexity index is 84.7. The minimum absolute atomic E-state index is 0. The molecule has 0 N–H and O–H groups in total. The van der Waals surface area contributed by atoms with Crippen molar-refractivity contribution in [2.75, 3.05) is 0 Å². The van der Waals surface area contributed by atoms with Crippen LogP contribution in [0.1, 0.15) is 48.0 Å². The van der Waals surface area contributed by atoms with E-state index in [1.54, 1.807) is 0 Å². The first-order valence-electron chi connectivity index (χ1n) is 5.00. The Kier molecular flexibility index (Phi) is 40.2. The monoisotopic (exact) mass is 271 g/mol. The van der Waals surface area contributed by atoms with Crippen molar-refractivity contribution in [2.45, 2.75) is 48.0 Å². The SMILES string of the molecule is CC(C)C.CCC(C)C.[CH-]=CC=[CH-].[Y]. The van der Waals surface area contributed by atoms with Crippen LogP contribution in [0, 0.1) is 25.0 Å². The molecule has 0 nitrogen and oxygen atoms in total. The van der Waals surface area contributed by atoms with Crippen LogP contribution < -0.4 is 0 Å². The van der Waals surface area contributed by atoms with Crippen molar-refractivity contribution in [3.63, 3.8) is 0 Å². The fraction of sp³-hybridized carbons (Fsp3) is 0.692. The van der Waals surface area contributed by atoms with Gasteiger partial charge in [-0.15, -0.1) is 0 Å². The zero-order valence-electron chi connectivity index (χ0n) is 10.7. The van der Waals surface area contributed by atoms with E-state index in [0.717, 1.165) is 11.8 Å². The first-order chi connectivity index (χ1) is 5.92. The Labute approximate surface area is 117 Å². The molecule has 83 valence electrons. The van der Waals surface area contributed by atoms with Crippen molar-refractivity contribution in [2.24, 2.45) is 11.8 Å². The maximum absolute atomic E-state index is 4.72.